The minimum absolute atomic E-state index is 0.0568. The molecule has 178 valence electrons. The first-order valence-corrected chi connectivity index (χ1v) is 13.3. The smallest absolute Gasteiger partial charge is 0.251 e. The van der Waals surface area contributed by atoms with Crippen LogP contribution in [0.4, 0.5) is 11.5 Å². The van der Waals surface area contributed by atoms with Crippen LogP contribution < -0.4 is 16.0 Å². The number of hydrogen-bond acceptors (Lipinski definition) is 7. The number of aromatic amines is 1. The summed E-state index contributed by atoms with van der Waals surface area (Å²) in [7, 11) is -3.04. The summed E-state index contributed by atoms with van der Waals surface area (Å²) in [4.78, 5) is 37.1. The third kappa shape index (κ3) is 4.35. The van der Waals surface area contributed by atoms with Gasteiger partial charge in [-0.1, -0.05) is 6.07 Å². The van der Waals surface area contributed by atoms with E-state index in [-0.39, 0.29) is 23.5 Å². The van der Waals surface area contributed by atoms with E-state index in [2.05, 4.69) is 30.9 Å². The van der Waals surface area contributed by atoms with E-state index in [9.17, 15) is 18.0 Å². The molecule has 0 saturated carbocycles. The minimum Gasteiger partial charge on any atom is -0.356 e. The third-order valence-electron chi connectivity index (χ3n) is 6.44. The Labute approximate surface area is 196 Å². The molecule has 0 saturated heterocycles. The van der Waals surface area contributed by atoms with Crippen LogP contribution in [-0.2, 0) is 34.0 Å². The maximum Gasteiger partial charge on any atom is 0.251 e. The molecule has 3 aromatic rings. The molecule has 0 spiro atoms. The first kappa shape index (κ1) is 22.3. The molecule has 0 fully saturated rings. The lowest BCUT2D eigenvalue weighted by Gasteiger charge is -2.22. The number of aromatic nitrogens is 3. The van der Waals surface area contributed by atoms with Crippen LogP contribution in [0.2, 0.25) is 0 Å². The number of anilines is 2. The third-order valence-corrected chi connectivity index (χ3v) is 7.47. The van der Waals surface area contributed by atoms with Gasteiger partial charge in [0.15, 0.2) is 0 Å². The molecule has 2 aromatic heterocycles. The number of nitrogens with zero attached hydrogens (tertiary/aromatic N) is 2. The molecular weight excluding hydrogens is 456 g/mol. The highest BCUT2D eigenvalue weighted by atomic mass is 32.2. The van der Waals surface area contributed by atoms with Crippen molar-refractivity contribution in [3.8, 4) is 0 Å². The molecule has 1 aromatic carbocycles. The summed E-state index contributed by atoms with van der Waals surface area (Å²) in [6.07, 6.45) is 5.05. The number of H-pyrrole nitrogens is 1. The topological polar surface area (TPSA) is 146 Å². The van der Waals surface area contributed by atoms with Gasteiger partial charge in [0, 0.05) is 47.8 Å². The lowest BCUT2D eigenvalue weighted by Crippen LogP contribution is -2.35. The van der Waals surface area contributed by atoms with Crippen LogP contribution in [-0.4, -0.2) is 53.7 Å². The van der Waals surface area contributed by atoms with Crippen LogP contribution in [0.25, 0.3) is 11.0 Å². The fourth-order valence-corrected chi connectivity index (χ4v) is 5.42. The standard InChI is InChI=1S/C23H26N6O4S/c1-34(32,33)9-3-8-24-22(30)13-6-7-18-15(10-13)19-20(26-12-27-21(19)29-18)28-17-5-2-4-14-16(17)11-25-23(14)31/h2,4-5,12-13H,3,6-11H2,1H3,(H,24,30)(H,25,31)(H2,26,27,28,29)/t13-/m0/s1. The van der Waals surface area contributed by atoms with Crippen molar-refractivity contribution in [1.29, 1.82) is 0 Å². The van der Waals surface area contributed by atoms with Gasteiger partial charge in [-0.2, -0.15) is 0 Å². The highest BCUT2D eigenvalue weighted by Crippen LogP contribution is 2.36. The predicted octanol–water partition coefficient (Wildman–Crippen LogP) is 1.60. The van der Waals surface area contributed by atoms with E-state index >= 15 is 0 Å². The van der Waals surface area contributed by atoms with Gasteiger partial charge in [-0.3, -0.25) is 9.59 Å². The Morgan fingerprint density at radius 3 is 2.91 bits per heavy atom. The quantitative estimate of drug-likeness (QED) is 0.374. The molecule has 34 heavy (non-hydrogen) atoms. The average Bonchev–Trinajstić information content (AvgIpc) is 3.37. The molecule has 2 aliphatic rings. The molecular formula is C23H26N6O4S. The molecule has 1 aliphatic heterocycles. The Bertz CT molecular complexity index is 1400. The molecule has 0 unspecified atom stereocenters. The second-order valence-corrected chi connectivity index (χ2v) is 11.1. The fraction of sp³-hybridized carbons (Fsp3) is 0.391. The normalized spacial score (nSPS) is 17.2. The van der Waals surface area contributed by atoms with E-state index in [1.54, 1.807) is 6.07 Å². The number of carbonyl (C=O) groups excluding carboxylic acids is 2. The van der Waals surface area contributed by atoms with Crippen molar-refractivity contribution in [2.24, 2.45) is 5.92 Å². The Morgan fingerprint density at radius 1 is 1.24 bits per heavy atom. The van der Waals surface area contributed by atoms with Crippen LogP contribution in [0.3, 0.4) is 0 Å². The molecule has 1 atom stereocenters. The van der Waals surface area contributed by atoms with Gasteiger partial charge in [-0.25, -0.2) is 18.4 Å². The average molecular weight is 483 g/mol. The summed E-state index contributed by atoms with van der Waals surface area (Å²) in [6, 6.07) is 5.55. The lowest BCUT2D eigenvalue weighted by atomic mass is 9.86. The highest BCUT2D eigenvalue weighted by molar-refractivity contribution is 7.90. The summed E-state index contributed by atoms with van der Waals surface area (Å²) < 4.78 is 22.6. The van der Waals surface area contributed by atoms with Gasteiger partial charge in [0.2, 0.25) is 5.91 Å². The van der Waals surface area contributed by atoms with Gasteiger partial charge in [-0.05, 0) is 43.4 Å². The molecule has 3 heterocycles. The van der Waals surface area contributed by atoms with Crippen molar-refractivity contribution in [2.75, 3.05) is 23.9 Å². The van der Waals surface area contributed by atoms with E-state index < -0.39 is 9.84 Å². The number of hydrogen-bond donors (Lipinski definition) is 4. The molecule has 0 radical (unpaired) electrons. The van der Waals surface area contributed by atoms with Crippen LogP contribution in [0.5, 0.6) is 0 Å². The van der Waals surface area contributed by atoms with Crippen molar-refractivity contribution >= 4 is 44.2 Å². The van der Waals surface area contributed by atoms with E-state index in [4.69, 9.17) is 0 Å². The second-order valence-electron chi connectivity index (χ2n) is 8.88. The maximum absolute atomic E-state index is 12.8. The minimum atomic E-state index is -3.04. The van der Waals surface area contributed by atoms with Crippen LogP contribution >= 0.6 is 0 Å². The van der Waals surface area contributed by atoms with E-state index in [0.717, 1.165) is 27.9 Å². The van der Waals surface area contributed by atoms with Gasteiger partial charge in [0.05, 0.1) is 11.1 Å². The first-order chi connectivity index (χ1) is 16.3. The monoisotopic (exact) mass is 482 g/mol. The van der Waals surface area contributed by atoms with Crippen molar-refractivity contribution in [3.05, 3.63) is 46.9 Å². The number of nitrogens with one attached hydrogen (secondary N) is 4. The molecule has 5 rings (SSSR count). The summed E-state index contributed by atoms with van der Waals surface area (Å²) in [6.45, 7) is 0.795. The lowest BCUT2D eigenvalue weighted by molar-refractivity contribution is -0.125. The zero-order valence-electron chi connectivity index (χ0n) is 18.8. The maximum atomic E-state index is 12.8. The summed E-state index contributed by atoms with van der Waals surface area (Å²) in [5.41, 5.74) is 5.13. The molecule has 0 bridgehead atoms. The number of aryl methyl sites for hydroxylation is 1. The first-order valence-electron chi connectivity index (χ1n) is 11.3. The number of benzene rings is 1. The largest absolute Gasteiger partial charge is 0.356 e. The Morgan fingerprint density at radius 2 is 2.09 bits per heavy atom. The van der Waals surface area contributed by atoms with Crippen molar-refractivity contribution in [3.63, 3.8) is 0 Å². The van der Waals surface area contributed by atoms with Crippen molar-refractivity contribution in [2.45, 2.75) is 32.2 Å². The van der Waals surface area contributed by atoms with E-state index in [0.29, 0.717) is 55.8 Å². The van der Waals surface area contributed by atoms with Gasteiger partial charge in [0.25, 0.3) is 5.91 Å². The molecule has 1 aliphatic carbocycles. The van der Waals surface area contributed by atoms with E-state index in [1.165, 1.54) is 12.6 Å². The number of amides is 2. The SMILES string of the molecule is CS(=O)(=O)CCCNC(=O)[C@H]1CCc2[nH]c3ncnc(Nc4cccc5c4CNC5=O)c3c2C1. The predicted molar refractivity (Wildman–Crippen MR) is 128 cm³/mol. The zero-order chi connectivity index (χ0) is 23.9. The Kier molecular flexibility index (Phi) is 5.72. The van der Waals surface area contributed by atoms with Crippen LogP contribution in [0.1, 0.15) is 40.0 Å². The van der Waals surface area contributed by atoms with Gasteiger partial charge in [0.1, 0.15) is 27.6 Å². The van der Waals surface area contributed by atoms with Gasteiger partial charge >= 0.3 is 0 Å². The summed E-state index contributed by atoms with van der Waals surface area (Å²) in [5.74, 6) is 0.326. The highest BCUT2D eigenvalue weighted by Gasteiger charge is 2.29. The van der Waals surface area contributed by atoms with Crippen molar-refractivity contribution < 1.29 is 18.0 Å². The van der Waals surface area contributed by atoms with Crippen LogP contribution in [0.15, 0.2) is 24.5 Å². The molecule has 11 heteroatoms. The Balaban J connectivity index is 1.37. The number of rotatable bonds is 7. The molecule has 2 amide bonds. The van der Waals surface area contributed by atoms with E-state index in [1.807, 2.05) is 12.1 Å². The van der Waals surface area contributed by atoms with Gasteiger partial charge < -0.3 is 20.9 Å². The van der Waals surface area contributed by atoms with Gasteiger partial charge in [-0.15, -0.1) is 0 Å². The fourth-order valence-electron chi connectivity index (χ4n) is 4.75. The van der Waals surface area contributed by atoms with Crippen molar-refractivity contribution in [1.82, 2.24) is 25.6 Å². The summed E-state index contributed by atoms with van der Waals surface area (Å²) >= 11 is 0. The molecule has 4 N–H and O–H groups in total. The number of sulfone groups is 1. The van der Waals surface area contributed by atoms with Crippen LogP contribution in [0, 0.1) is 5.92 Å². The number of carbonyl (C=O) groups is 2. The number of fused-ring (bicyclic) bond motifs is 4. The summed E-state index contributed by atoms with van der Waals surface area (Å²) in [5, 5.41) is 9.96. The Hall–Kier alpha value is -3.47. The second kappa shape index (κ2) is 8.71. The zero-order valence-corrected chi connectivity index (χ0v) is 19.6. The molecule has 10 nitrogen and oxygen atoms in total.